The SMILES string of the molecule is CCC1CN(c2cc(F)c(Cl)cc2N)CCS1. The Balaban J connectivity index is 2.24. The predicted molar refractivity (Wildman–Crippen MR) is 74.6 cm³/mol. The van der Waals surface area contributed by atoms with Gasteiger partial charge in [0, 0.05) is 30.2 Å². The van der Waals surface area contributed by atoms with Crippen molar-refractivity contribution >= 4 is 34.7 Å². The van der Waals surface area contributed by atoms with Crippen LogP contribution < -0.4 is 10.6 Å². The molecule has 1 fully saturated rings. The van der Waals surface area contributed by atoms with Crippen LogP contribution in [0, 0.1) is 5.82 Å². The summed E-state index contributed by atoms with van der Waals surface area (Å²) >= 11 is 7.68. The van der Waals surface area contributed by atoms with E-state index in [0.717, 1.165) is 31.0 Å². The Morgan fingerprint density at radius 3 is 3.06 bits per heavy atom. The van der Waals surface area contributed by atoms with Crippen LogP contribution in [0.4, 0.5) is 15.8 Å². The first-order valence-corrected chi connectivity index (χ1v) is 7.15. The van der Waals surface area contributed by atoms with Gasteiger partial charge in [0.05, 0.1) is 16.4 Å². The number of rotatable bonds is 2. The molecule has 0 aromatic heterocycles. The first-order chi connectivity index (χ1) is 8.11. The molecule has 1 unspecified atom stereocenters. The standard InChI is InChI=1S/C12H16ClFN2S/c1-2-8-7-16(3-4-17-8)12-6-10(14)9(13)5-11(12)15/h5-6,8H,2-4,7,15H2,1H3. The fourth-order valence-electron chi connectivity index (χ4n) is 2.01. The van der Waals surface area contributed by atoms with Gasteiger partial charge in [-0.1, -0.05) is 18.5 Å². The molecule has 1 aliphatic rings. The van der Waals surface area contributed by atoms with Crippen LogP contribution in [0.2, 0.25) is 5.02 Å². The molecule has 1 aromatic carbocycles. The van der Waals surface area contributed by atoms with Gasteiger partial charge in [-0.25, -0.2) is 4.39 Å². The molecule has 1 heterocycles. The molecule has 17 heavy (non-hydrogen) atoms. The molecule has 0 radical (unpaired) electrons. The Bertz CT molecular complexity index is 414. The molecule has 1 saturated heterocycles. The smallest absolute Gasteiger partial charge is 0.144 e. The number of nitrogens with two attached hydrogens (primary N) is 1. The lowest BCUT2D eigenvalue weighted by Gasteiger charge is -2.34. The highest BCUT2D eigenvalue weighted by Gasteiger charge is 2.21. The van der Waals surface area contributed by atoms with Crippen molar-refractivity contribution in [2.45, 2.75) is 18.6 Å². The summed E-state index contributed by atoms with van der Waals surface area (Å²) < 4.78 is 13.5. The molecule has 0 aliphatic carbocycles. The van der Waals surface area contributed by atoms with Crippen LogP contribution in [-0.2, 0) is 0 Å². The zero-order valence-electron chi connectivity index (χ0n) is 9.75. The first-order valence-electron chi connectivity index (χ1n) is 5.73. The van der Waals surface area contributed by atoms with Crippen molar-refractivity contribution in [1.29, 1.82) is 0 Å². The molecule has 0 amide bonds. The average molecular weight is 275 g/mol. The van der Waals surface area contributed by atoms with Crippen LogP contribution in [0.3, 0.4) is 0 Å². The highest BCUT2D eigenvalue weighted by atomic mass is 35.5. The van der Waals surface area contributed by atoms with E-state index in [1.807, 2.05) is 11.8 Å². The van der Waals surface area contributed by atoms with Gasteiger partial charge in [0.1, 0.15) is 5.82 Å². The second-order valence-corrected chi connectivity index (χ2v) is 5.99. The predicted octanol–water partition coefficient (Wildman–Crippen LogP) is 3.39. The van der Waals surface area contributed by atoms with Crippen molar-refractivity contribution in [2.24, 2.45) is 0 Å². The number of hydrogen-bond donors (Lipinski definition) is 1. The summed E-state index contributed by atoms with van der Waals surface area (Å²) in [5.74, 6) is 0.657. The number of nitrogen functional groups attached to an aromatic ring is 1. The van der Waals surface area contributed by atoms with Gasteiger partial charge >= 0.3 is 0 Å². The molecule has 2 rings (SSSR count). The highest BCUT2D eigenvalue weighted by Crippen LogP contribution is 2.32. The van der Waals surface area contributed by atoms with E-state index < -0.39 is 5.82 Å². The Labute approximate surface area is 110 Å². The molecular formula is C12H16ClFN2S. The van der Waals surface area contributed by atoms with Crippen molar-refractivity contribution < 1.29 is 4.39 Å². The monoisotopic (exact) mass is 274 g/mol. The summed E-state index contributed by atoms with van der Waals surface area (Å²) in [5, 5.41) is 0.687. The third-order valence-corrected chi connectivity index (χ3v) is 4.67. The van der Waals surface area contributed by atoms with Crippen molar-refractivity contribution in [3.63, 3.8) is 0 Å². The lowest BCUT2D eigenvalue weighted by atomic mass is 10.2. The minimum atomic E-state index is -0.401. The third kappa shape index (κ3) is 2.80. The van der Waals surface area contributed by atoms with Crippen molar-refractivity contribution in [2.75, 3.05) is 29.5 Å². The average Bonchev–Trinajstić information content (AvgIpc) is 2.34. The van der Waals surface area contributed by atoms with Crippen molar-refractivity contribution in [1.82, 2.24) is 0 Å². The van der Waals surface area contributed by atoms with Gasteiger partial charge in [0.2, 0.25) is 0 Å². The van der Waals surface area contributed by atoms with Crippen LogP contribution in [0.25, 0.3) is 0 Å². The quantitative estimate of drug-likeness (QED) is 0.838. The molecule has 2 nitrogen and oxygen atoms in total. The van der Waals surface area contributed by atoms with E-state index >= 15 is 0 Å². The van der Waals surface area contributed by atoms with Crippen LogP contribution in [0.5, 0.6) is 0 Å². The summed E-state index contributed by atoms with van der Waals surface area (Å²) in [6, 6.07) is 2.94. The molecule has 2 N–H and O–H groups in total. The van der Waals surface area contributed by atoms with Crippen LogP contribution in [0.15, 0.2) is 12.1 Å². The summed E-state index contributed by atoms with van der Waals surface area (Å²) in [6.45, 7) is 4.01. The maximum absolute atomic E-state index is 13.5. The van der Waals surface area contributed by atoms with Gasteiger partial charge in [-0.15, -0.1) is 0 Å². The van der Waals surface area contributed by atoms with Crippen LogP contribution in [0.1, 0.15) is 13.3 Å². The molecule has 5 heteroatoms. The molecule has 94 valence electrons. The molecule has 0 bridgehead atoms. The van der Waals surface area contributed by atoms with E-state index in [-0.39, 0.29) is 5.02 Å². The normalized spacial score (nSPS) is 20.6. The van der Waals surface area contributed by atoms with Crippen LogP contribution >= 0.6 is 23.4 Å². The number of nitrogens with zero attached hydrogens (tertiary/aromatic N) is 1. The number of halogens is 2. The molecular weight excluding hydrogens is 259 g/mol. The van der Waals surface area contributed by atoms with Gasteiger partial charge in [-0.05, 0) is 12.5 Å². The van der Waals surface area contributed by atoms with E-state index in [1.54, 1.807) is 0 Å². The lowest BCUT2D eigenvalue weighted by molar-refractivity contribution is 0.626. The van der Waals surface area contributed by atoms with Gasteiger partial charge in [0.15, 0.2) is 0 Å². The minimum absolute atomic E-state index is 0.0877. The first kappa shape index (κ1) is 12.8. The van der Waals surface area contributed by atoms with Gasteiger partial charge in [-0.2, -0.15) is 11.8 Å². The lowest BCUT2D eigenvalue weighted by Crippen LogP contribution is -2.38. The zero-order chi connectivity index (χ0) is 12.4. The fourth-order valence-corrected chi connectivity index (χ4v) is 3.36. The second kappa shape index (κ2) is 5.36. The molecule has 0 spiro atoms. The Morgan fingerprint density at radius 2 is 2.35 bits per heavy atom. The van der Waals surface area contributed by atoms with Gasteiger partial charge < -0.3 is 10.6 Å². The van der Waals surface area contributed by atoms with E-state index in [4.69, 9.17) is 17.3 Å². The largest absolute Gasteiger partial charge is 0.397 e. The number of hydrogen-bond acceptors (Lipinski definition) is 3. The second-order valence-electron chi connectivity index (χ2n) is 4.17. The molecule has 1 atom stereocenters. The fraction of sp³-hybridized carbons (Fsp3) is 0.500. The Kier molecular flexibility index (Phi) is 4.05. The summed E-state index contributed by atoms with van der Waals surface area (Å²) in [5.41, 5.74) is 7.23. The summed E-state index contributed by atoms with van der Waals surface area (Å²) in [6.07, 6.45) is 1.12. The number of thioether (sulfide) groups is 1. The summed E-state index contributed by atoms with van der Waals surface area (Å²) in [4.78, 5) is 2.15. The van der Waals surface area contributed by atoms with E-state index in [0.29, 0.717) is 10.9 Å². The Hall–Kier alpha value is -0.610. The van der Waals surface area contributed by atoms with E-state index in [2.05, 4.69) is 11.8 Å². The van der Waals surface area contributed by atoms with Crippen LogP contribution in [-0.4, -0.2) is 24.1 Å². The zero-order valence-corrected chi connectivity index (χ0v) is 11.3. The number of anilines is 2. The van der Waals surface area contributed by atoms with Gasteiger partial charge in [-0.3, -0.25) is 0 Å². The molecule has 1 aliphatic heterocycles. The highest BCUT2D eigenvalue weighted by molar-refractivity contribution is 8.00. The van der Waals surface area contributed by atoms with Gasteiger partial charge in [0.25, 0.3) is 0 Å². The maximum Gasteiger partial charge on any atom is 0.144 e. The molecule has 0 saturated carbocycles. The Morgan fingerprint density at radius 1 is 1.59 bits per heavy atom. The third-order valence-electron chi connectivity index (χ3n) is 3.00. The van der Waals surface area contributed by atoms with Crippen molar-refractivity contribution in [3.8, 4) is 0 Å². The van der Waals surface area contributed by atoms with E-state index in [1.165, 1.54) is 12.1 Å². The summed E-state index contributed by atoms with van der Waals surface area (Å²) in [7, 11) is 0. The topological polar surface area (TPSA) is 29.3 Å². The molecule has 1 aromatic rings. The van der Waals surface area contributed by atoms with E-state index in [9.17, 15) is 4.39 Å². The minimum Gasteiger partial charge on any atom is -0.397 e. The van der Waals surface area contributed by atoms with Crippen molar-refractivity contribution in [3.05, 3.63) is 23.0 Å². The number of benzene rings is 1. The maximum atomic E-state index is 13.5.